The van der Waals surface area contributed by atoms with E-state index in [2.05, 4.69) is 0 Å². The highest BCUT2D eigenvalue weighted by molar-refractivity contribution is 5.69. The van der Waals surface area contributed by atoms with E-state index < -0.39 is 6.17 Å². The van der Waals surface area contributed by atoms with Gasteiger partial charge >= 0.3 is 6.09 Å². The predicted molar refractivity (Wildman–Crippen MR) is 69.4 cm³/mol. The van der Waals surface area contributed by atoms with Crippen LogP contribution in [0, 0.1) is 5.92 Å². The zero-order chi connectivity index (χ0) is 13.2. The van der Waals surface area contributed by atoms with Crippen molar-refractivity contribution in [3.05, 3.63) is 35.9 Å². The molecule has 19 heavy (non-hydrogen) atoms. The van der Waals surface area contributed by atoms with E-state index in [4.69, 9.17) is 4.74 Å². The lowest BCUT2D eigenvalue weighted by Crippen LogP contribution is -2.35. The Kier molecular flexibility index (Phi) is 3.40. The summed E-state index contributed by atoms with van der Waals surface area (Å²) in [6.45, 7) is 0.875. The van der Waals surface area contributed by atoms with Crippen molar-refractivity contribution < 1.29 is 13.9 Å². The Labute approximate surface area is 112 Å². The highest BCUT2D eigenvalue weighted by Gasteiger charge is 2.56. The number of benzene rings is 1. The molecule has 1 aromatic carbocycles. The molecule has 1 aliphatic heterocycles. The molecule has 1 aromatic rings. The molecule has 3 atom stereocenters. The largest absolute Gasteiger partial charge is 0.445 e. The Morgan fingerprint density at radius 2 is 2.11 bits per heavy atom. The van der Waals surface area contributed by atoms with Gasteiger partial charge in [-0.25, -0.2) is 9.18 Å². The first-order valence-electron chi connectivity index (χ1n) is 6.89. The SMILES string of the molecule is O=C(OCc1ccccc1)N1CCCCC2C(F)C21. The van der Waals surface area contributed by atoms with E-state index in [0.29, 0.717) is 6.54 Å². The number of nitrogens with zero attached hydrogens (tertiary/aromatic N) is 1. The molecule has 3 rings (SSSR count). The molecular weight excluding hydrogens is 245 g/mol. The molecule has 0 radical (unpaired) electrons. The summed E-state index contributed by atoms with van der Waals surface area (Å²) in [5, 5.41) is 0. The highest BCUT2D eigenvalue weighted by Crippen LogP contribution is 2.45. The summed E-state index contributed by atoms with van der Waals surface area (Å²) in [6.07, 6.45) is 1.63. The number of halogens is 1. The summed E-state index contributed by atoms with van der Waals surface area (Å²) in [5.74, 6) is 0.0479. The minimum Gasteiger partial charge on any atom is -0.445 e. The molecule has 102 valence electrons. The number of amides is 1. The maximum Gasteiger partial charge on any atom is 0.410 e. The first-order chi connectivity index (χ1) is 9.27. The van der Waals surface area contributed by atoms with E-state index >= 15 is 0 Å². The molecule has 0 spiro atoms. The van der Waals surface area contributed by atoms with Crippen LogP contribution in [0.25, 0.3) is 0 Å². The number of likely N-dealkylation sites (tertiary alicyclic amines) is 1. The van der Waals surface area contributed by atoms with Crippen LogP contribution in [0.3, 0.4) is 0 Å². The molecule has 4 heteroatoms. The van der Waals surface area contributed by atoms with Gasteiger partial charge in [-0.3, -0.25) is 0 Å². The van der Waals surface area contributed by atoms with Crippen molar-refractivity contribution in [3.63, 3.8) is 0 Å². The van der Waals surface area contributed by atoms with Crippen molar-refractivity contribution in [3.8, 4) is 0 Å². The first kappa shape index (κ1) is 12.5. The van der Waals surface area contributed by atoms with Crippen molar-refractivity contribution in [2.24, 2.45) is 5.92 Å². The second-order valence-corrected chi connectivity index (χ2v) is 5.33. The summed E-state index contributed by atoms with van der Waals surface area (Å²) in [5.41, 5.74) is 0.954. The Balaban J connectivity index is 1.58. The first-order valence-corrected chi connectivity index (χ1v) is 6.89. The number of rotatable bonds is 2. The average Bonchev–Trinajstić information content (AvgIpc) is 3.13. The van der Waals surface area contributed by atoms with Crippen LogP contribution in [-0.4, -0.2) is 29.8 Å². The Hall–Kier alpha value is -1.58. The van der Waals surface area contributed by atoms with Crippen molar-refractivity contribution in [2.75, 3.05) is 6.54 Å². The maximum absolute atomic E-state index is 13.6. The van der Waals surface area contributed by atoms with Gasteiger partial charge in [0.05, 0.1) is 6.04 Å². The minimum atomic E-state index is -0.843. The van der Waals surface area contributed by atoms with Gasteiger partial charge < -0.3 is 9.64 Å². The van der Waals surface area contributed by atoms with Gasteiger partial charge in [0.1, 0.15) is 12.8 Å². The summed E-state index contributed by atoms with van der Waals surface area (Å²) >= 11 is 0. The molecule has 2 aliphatic rings. The van der Waals surface area contributed by atoms with Gasteiger partial charge in [0, 0.05) is 12.5 Å². The summed E-state index contributed by atoms with van der Waals surface area (Å²) in [7, 11) is 0. The third kappa shape index (κ3) is 2.57. The molecule has 0 bridgehead atoms. The van der Waals surface area contributed by atoms with Crippen LogP contribution >= 0.6 is 0 Å². The number of ether oxygens (including phenoxy) is 1. The molecular formula is C15H18FNO2. The molecule has 0 N–H and O–H groups in total. The van der Waals surface area contributed by atoms with Gasteiger partial charge in [-0.15, -0.1) is 0 Å². The highest BCUT2D eigenvalue weighted by atomic mass is 19.1. The van der Waals surface area contributed by atoms with Crippen LogP contribution in [0.2, 0.25) is 0 Å². The third-order valence-corrected chi connectivity index (χ3v) is 4.02. The third-order valence-electron chi connectivity index (χ3n) is 4.02. The molecule has 3 unspecified atom stereocenters. The zero-order valence-electron chi connectivity index (χ0n) is 10.8. The number of carbonyl (C=O) groups excluding carboxylic acids is 1. The zero-order valence-corrected chi connectivity index (χ0v) is 10.8. The van der Waals surface area contributed by atoms with Crippen LogP contribution < -0.4 is 0 Å². The molecule has 2 fully saturated rings. The average molecular weight is 263 g/mol. The van der Waals surface area contributed by atoms with E-state index in [9.17, 15) is 9.18 Å². The van der Waals surface area contributed by atoms with E-state index in [-0.39, 0.29) is 24.7 Å². The monoisotopic (exact) mass is 263 g/mol. The van der Waals surface area contributed by atoms with Gasteiger partial charge in [0.15, 0.2) is 0 Å². The van der Waals surface area contributed by atoms with Gasteiger partial charge in [0.2, 0.25) is 0 Å². The number of hydrogen-bond donors (Lipinski definition) is 0. The molecule has 1 heterocycles. The lowest BCUT2D eigenvalue weighted by atomic mass is 10.2. The Bertz CT molecular complexity index is 451. The fraction of sp³-hybridized carbons (Fsp3) is 0.533. The Morgan fingerprint density at radius 3 is 2.89 bits per heavy atom. The predicted octanol–water partition coefficient (Wildman–Crippen LogP) is 3.15. The van der Waals surface area contributed by atoms with Crippen molar-refractivity contribution in [1.29, 1.82) is 0 Å². The molecule has 3 nitrogen and oxygen atoms in total. The molecule has 1 saturated carbocycles. The van der Waals surface area contributed by atoms with Crippen molar-refractivity contribution in [1.82, 2.24) is 4.90 Å². The topological polar surface area (TPSA) is 29.5 Å². The van der Waals surface area contributed by atoms with Crippen LogP contribution in [0.1, 0.15) is 24.8 Å². The standard InChI is InChI=1S/C15H18FNO2/c16-13-12-8-4-5-9-17(14(12)13)15(18)19-10-11-6-2-1-3-7-11/h1-3,6-7,12-14H,4-5,8-10H2. The van der Waals surface area contributed by atoms with E-state index in [1.807, 2.05) is 30.3 Å². The smallest absolute Gasteiger partial charge is 0.410 e. The number of fused-ring (bicyclic) bond motifs is 1. The summed E-state index contributed by atoms with van der Waals surface area (Å²) in [4.78, 5) is 13.6. The lowest BCUT2D eigenvalue weighted by molar-refractivity contribution is 0.0903. The fourth-order valence-electron chi connectivity index (χ4n) is 2.87. The number of alkyl halides is 1. The van der Waals surface area contributed by atoms with E-state index in [0.717, 1.165) is 24.8 Å². The maximum atomic E-state index is 13.6. The normalized spacial score (nSPS) is 29.3. The van der Waals surface area contributed by atoms with Crippen LogP contribution in [0.5, 0.6) is 0 Å². The van der Waals surface area contributed by atoms with Crippen LogP contribution in [0.4, 0.5) is 9.18 Å². The van der Waals surface area contributed by atoms with Gasteiger partial charge in [-0.1, -0.05) is 36.8 Å². The lowest BCUT2D eigenvalue weighted by Gasteiger charge is -2.20. The second-order valence-electron chi connectivity index (χ2n) is 5.33. The second kappa shape index (κ2) is 5.19. The fourth-order valence-corrected chi connectivity index (χ4v) is 2.87. The van der Waals surface area contributed by atoms with Crippen LogP contribution in [0.15, 0.2) is 30.3 Å². The van der Waals surface area contributed by atoms with Gasteiger partial charge in [0.25, 0.3) is 0 Å². The number of carbonyl (C=O) groups is 1. The molecule has 1 amide bonds. The summed E-state index contributed by atoms with van der Waals surface area (Å²) in [6, 6.07) is 9.32. The minimum absolute atomic E-state index is 0.0479. The molecule has 0 aromatic heterocycles. The van der Waals surface area contributed by atoms with Crippen molar-refractivity contribution in [2.45, 2.75) is 38.1 Å². The summed E-state index contributed by atoms with van der Waals surface area (Å²) < 4.78 is 18.9. The quantitative estimate of drug-likeness (QED) is 0.820. The van der Waals surface area contributed by atoms with E-state index in [1.54, 1.807) is 4.90 Å². The van der Waals surface area contributed by atoms with Gasteiger partial charge in [-0.2, -0.15) is 0 Å². The van der Waals surface area contributed by atoms with Crippen molar-refractivity contribution >= 4 is 6.09 Å². The Morgan fingerprint density at radius 1 is 1.32 bits per heavy atom. The molecule has 1 saturated heterocycles. The van der Waals surface area contributed by atoms with Crippen LogP contribution in [-0.2, 0) is 11.3 Å². The molecule has 1 aliphatic carbocycles. The van der Waals surface area contributed by atoms with Gasteiger partial charge in [-0.05, 0) is 18.4 Å². The van der Waals surface area contributed by atoms with E-state index in [1.165, 1.54) is 0 Å². The number of hydrogen-bond acceptors (Lipinski definition) is 2.